The van der Waals surface area contributed by atoms with Crippen LogP contribution in [0.25, 0.3) is 10.8 Å². The Balaban J connectivity index is 1.69. The van der Waals surface area contributed by atoms with Gasteiger partial charge in [-0.2, -0.15) is 5.10 Å². The number of carbonyl (C=O) groups excluding carboxylic acids is 1. The number of rotatable bonds is 6. The van der Waals surface area contributed by atoms with Crippen molar-refractivity contribution < 1.29 is 27.4 Å². The summed E-state index contributed by atoms with van der Waals surface area (Å²) in [4.78, 5) is 25.4. The van der Waals surface area contributed by atoms with Crippen LogP contribution in [0.3, 0.4) is 0 Å². The molecule has 2 heterocycles. The largest absolute Gasteiger partial charge is 0.493 e. The highest BCUT2D eigenvalue weighted by molar-refractivity contribution is 7.70. The van der Waals surface area contributed by atoms with Gasteiger partial charge >= 0.3 is 6.09 Å². The molecule has 0 saturated heterocycles. The first-order chi connectivity index (χ1) is 17.4. The molecule has 2 aromatic carbocycles. The Morgan fingerprint density at radius 3 is 2.32 bits per heavy atom. The van der Waals surface area contributed by atoms with Crippen LogP contribution >= 0.6 is 0 Å². The molecule has 1 amide bonds. The number of benzene rings is 2. The fourth-order valence-corrected chi connectivity index (χ4v) is 4.91. The minimum atomic E-state index is -3.25. The number of aromatic nitrogens is 2. The van der Waals surface area contributed by atoms with Gasteiger partial charge in [0.25, 0.3) is 5.56 Å². The molecule has 1 aliphatic heterocycles. The fraction of sp³-hybridized carbons (Fsp3) is 0.400. The Bertz CT molecular complexity index is 1500. The zero-order valence-corrected chi connectivity index (χ0v) is 22.5. The summed E-state index contributed by atoms with van der Waals surface area (Å²) in [6.07, 6.45) is 0.00248. The van der Waals surface area contributed by atoms with Crippen LogP contribution in [-0.2, 0) is 35.5 Å². The molecule has 0 radical (unpaired) electrons. The maximum absolute atomic E-state index is 12.8. The molecule has 0 saturated carbocycles. The van der Waals surface area contributed by atoms with Gasteiger partial charge in [0.2, 0.25) is 10.9 Å². The Morgan fingerprint density at radius 1 is 1.08 bits per heavy atom. The second kappa shape index (κ2) is 9.92. The third-order valence-corrected chi connectivity index (χ3v) is 6.64. The molecule has 3 aromatic rings. The zero-order valence-electron chi connectivity index (χ0n) is 21.6. The number of fused-ring (bicyclic) bond motifs is 2. The number of aryl methyl sites for hydroxylation is 1. The number of carbonyl (C=O) groups is 1. The van der Waals surface area contributed by atoms with Crippen molar-refractivity contribution in [3.05, 3.63) is 57.5 Å². The molecule has 11 nitrogen and oxygen atoms in total. The van der Waals surface area contributed by atoms with Gasteiger partial charge in [-0.05, 0) is 56.5 Å². The number of ether oxygens (including phenoxy) is 3. The van der Waals surface area contributed by atoms with Gasteiger partial charge in [-0.1, -0.05) is 12.1 Å². The van der Waals surface area contributed by atoms with E-state index < -0.39 is 22.6 Å². The number of hydrogen-bond acceptors (Lipinski definition) is 9. The lowest BCUT2D eigenvalue weighted by molar-refractivity contribution is 0.0384. The molecule has 198 valence electrons. The molecular weight excluding hydrogens is 500 g/mol. The number of nitrogens with zero attached hydrogens (tertiary/aromatic N) is 4. The number of amides is 1. The molecule has 1 aromatic heterocycles. The maximum atomic E-state index is 12.8. The van der Waals surface area contributed by atoms with Crippen LogP contribution in [-0.4, -0.2) is 55.1 Å². The van der Waals surface area contributed by atoms with E-state index in [9.17, 15) is 18.0 Å². The van der Waals surface area contributed by atoms with Gasteiger partial charge in [-0.15, -0.1) is 4.41 Å². The van der Waals surface area contributed by atoms with Gasteiger partial charge in [0.1, 0.15) is 5.60 Å². The average Bonchev–Trinajstić information content (AvgIpc) is 3.22. The van der Waals surface area contributed by atoms with Gasteiger partial charge in [-0.25, -0.2) is 17.9 Å². The highest BCUT2D eigenvalue weighted by Crippen LogP contribution is 2.34. The van der Waals surface area contributed by atoms with Crippen molar-refractivity contribution in [3.63, 3.8) is 0 Å². The Hall–Kier alpha value is -3.80. The van der Waals surface area contributed by atoms with Crippen molar-refractivity contribution in [2.45, 2.75) is 39.2 Å². The van der Waals surface area contributed by atoms with E-state index in [1.54, 1.807) is 46.0 Å². The second-order valence-corrected chi connectivity index (χ2v) is 10.5. The molecule has 0 spiro atoms. The first kappa shape index (κ1) is 26.3. The maximum Gasteiger partial charge on any atom is 0.443 e. The van der Waals surface area contributed by atoms with E-state index in [-0.39, 0.29) is 5.56 Å². The van der Waals surface area contributed by atoms with Crippen LogP contribution in [0.15, 0.2) is 35.1 Å². The summed E-state index contributed by atoms with van der Waals surface area (Å²) in [5.41, 5.74) is 1.99. The van der Waals surface area contributed by atoms with E-state index in [4.69, 9.17) is 14.2 Å². The highest BCUT2D eigenvalue weighted by Gasteiger charge is 2.33. The molecule has 0 fully saturated rings. The van der Waals surface area contributed by atoms with Gasteiger partial charge in [0.05, 0.1) is 31.0 Å². The summed E-state index contributed by atoms with van der Waals surface area (Å²) in [6, 6.07) is 8.98. The van der Waals surface area contributed by atoms with Crippen molar-refractivity contribution in [2.75, 3.05) is 25.8 Å². The van der Waals surface area contributed by atoms with Crippen molar-refractivity contribution in [1.82, 2.24) is 14.2 Å². The molecule has 1 aliphatic rings. The van der Waals surface area contributed by atoms with Crippen LogP contribution < -0.4 is 20.0 Å². The zero-order chi connectivity index (χ0) is 27.1. The van der Waals surface area contributed by atoms with Gasteiger partial charge in [-0.3, -0.25) is 9.80 Å². The van der Waals surface area contributed by atoms with E-state index in [2.05, 4.69) is 5.10 Å². The quantitative estimate of drug-likeness (QED) is 0.480. The molecule has 12 heteroatoms. The lowest BCUT2D eigenvalue weighted by atomic mass is 10.0. The predicted octanol–water partition coefficient (Wildman–Crippen LogP) is 2.58. The average molecular weight is 531 g/mol. The van der Waals surface area contributed by atoms with E-state index in [1.165, 1.54) is 23.9 Å². The fourth-order valence-electron chi connectivity index (χ4n) is 4.37. The minimum absolute atomic E-state index is 0.252. The molecule has 0 aliphatic carbocycles. The summed E-state index contributed by atoms with van der Waals surface area (Å²) in [5.74, 6) is 0.943. The standard InChI is InChI=1S/C25H30N4O7S/c1-25(2,3)36-24(31)29(37(32)33)28-10-9-16-11-15(7-8-20(16)28)12-19-17-13-21(34-5)22(35-6)14-18(17)23(30)27(4)26-19/h7-8,11,13-14,37H,9-10,12H2,1-6H3. The van der Waals surface area contributed by atoms with E-state index in [1.807, 2.05) is 12.1 Å². The van der Waals surface area contributed by atoms with Crippen molar-refractivity contribution >= 4 is 33.4 Å². The van der Waals surface area contributed by atoms with Crippen molar-refractivity contribution in [1.29, 1.82) is 0 Å². The number of methoxy groups -OCH3 is 2. The molecule has 0 bridgehead atoms. The smallest absolute Gasteiger partial charge is 0.443 e. The molecule has 0 unspecified atom stereocenters. The molecule has 0 atom stereocenters. The Morgan fingerprint density at radius 2 is 1.73 bits per heavy atom. The monoisotopic (exact) mass is 530 g/mol. The normalized spacial score (nSPS) is 13.1. The van der Waals surface area contributed by atoms with Crippen LogP contribution in [0.2, 0.25) is 0 Å². The van der Waals surface area contributed by atoms with E-state index >= 15 is 0 Å². The van der Waals surface area contributed by atoms with Crippen molar-refractivity contribution in [2.24, 2.45) is 7.05 Å². The van der Waals surface area contributed by atoms with E-state index in [0.29, 0.717) is 57.5 Å². The summed E-state index contributed by atoms with van der Waals surface area (Å²) >= 11 is 0. The Kier molecular flexibility index (Phi) is 7.05. The summed E-state index contributed by atoms with van der Waals surface area (Å²) in [7, 11) is 1.38. The van der Waals surface area contributed by atoms with Crippen LogP contribution in [0.1, 0.15) is 37.6 Å². The second-order valence-electron chi connectivity index (χ2n) is 9.65. The number of hydrogen-bond donors (Lipinski definition) is 1. The first-order valence-corrected chi connectivity index (χ1v) is 12.7. The third-order valence-electron chi connectivity index (χ3n) is 5.96. The van der Waals surface area contributed by atoms with Gasteiger partial charge < -0.3 is 14.2 Å². The van der Waals surface area contributed by atoms with Crippen LogP contribution in [0.5, 0.6) is 11.5 Å². The number of hydrazine groups is 1. The highest BCUT2D eigenvalue weighted by atomic mass is 32.2. The Labute approximate surface area is 216 Å². The van der Waals surface area contributed by atoms with Gasteiger partial charge in [0, 0.05) is 25.4 Å². The number of thiol groups is 1. The molecule has 0 N–H and O–H groups in total. The topological polar surface area (TPSA) is 120 Å². The lowest BCUT2D eigenvalue weighted by Gasteiger charge is -2.30. The minimum Gasteiger partial charge on any atom is -0.493 e. The molecular formula is C25H30N4O7S. The van der Waals surface area contributed by atoms with Gasteiger partial charge in [0.15, 0.2) is 11.5 Å². The summed E-state index contributed by atoms with van der Waals surface area (Å²) < 4.78 is 42.0. The number of anilines is 1. The van der Waals surface area contributed by atoms with Crippen LogP contribution in [0, 0.1) is 0 Å². The van der Waals surface area contributed by atoms with E-state index in [0.717, 1.165) is 11.1 Å². The third kappa shape index (κ3) is 5.19. The first-order valence-electron chi connectivity index (χ1n) is 11.6. The molecule has 4 rings (SSSR count). The van der Waals surface area contributed by atoms with Crippen molar-refractivity contribution in [3.8, 4) is 11.5 Å². The predicted molar refractivity (Wildman–Crippen MR) is 139 cm³/mol. The summed E-state index contributed by atoms with van der Waals surface area (Å²) in [5, 5.41) is 7.02. The lowest BCUT2D eigenvalue weighted by Crippen LogP contribution is -2.47. The summed E-state index contributed by atoms with van der Waals surface area (Å²) in [6.45, 7) is 5.33. The molecule has 37 heavy (non-hydrogen) atoms. The SMILES string of the molecule is COc1cc2c(Cc3ccc4c(c3)CCN4N(C(=O)OC(C)(C)C)[SH](=O)=O)nn(C)c(=O)c2cc1OC. The van der Waals surface area contributed by atoms with Crippen LogP contribution in [0.4, 0.5) is 10.5 Å².